The van der Waals surface area contributed by atoms with Crippen molar-refractivity contribution in [3.8, 4) is 0 Å². The molecule has 1 unspecified atom stereocenters. The van der Waals surface area contributed by atoms with Gasteiger partial charge in [0.25, 0.3) is 0 Å². The Hall–Kier alpha value is -3.84. The number of aliphatic hydroxyl groups is 2. The molecule has 42 heavy (non-hydrogen) atoms. The first-order valence-electron chi connectivity index (χ1n) is 14.0. The van der Waals surface area contributed by atoms with Crippen molar-refractivity contribution in [2.45, 2.75) is 97.2 Å². The van der Waals surface area contributed by atoms with Crippen LogP contribution in [0.4, 0.5) is 0 Å². The summed E-state index contributed by atoms with van der Waals surface area (Å²) in [5.41, 5.74) is 0.652. The summed E-state index contributed by atoms with van der Waals surface area (Å²) >= 11 is 0. The van der Waals surface area contributed by atoms with Gasteiger partial charge in [-0.1, -0.05) is 51.1 Å². The number of carboxylic acid groups (broad SMARTS) is 1. The Morgan fingerprint density at radius 2 is 1.14 bits per heavy atom. The molecule has 1 aromatic carbocycles. The van der Waals surface area contributed by atoms with Crippen LogP contribution >= 0.6 is 0 Å². The molecule has 0 aliphatic carbocycles. The standard InChI is InChI=1S/C29H44N4O9/c1-7-22(36)20(13-15(2)3)30-27(39)23(17(5)34)33-28(40)24(18(6)35)32-26(38)16(4)25(37)31-21(29(41)42)14-19-11-9-8-10-12-19/h8-12,15-18,20-21,23-24,34-35H,7,13-14H2,1-6H3,(H,30,39)(H,31,37)(H,32,38)(H,33,40)(H,41,42)/t16?,17-,18-,20+,21+,23+,24+/m1/s1. The van der Waals surface area contributed by atoms with E-state index >= 15 is 0 Å². The van der Waals surface area contributed by atoms with Gasteiger partial charge in [0.15, 0.2) is 5.78 Å². The zero-order valence-electron chi connectivity index (χ0n) is 24.9. The largest absolute Gasteiger partial charge is 0.480 e. The van der Waals surface area contributed by atoms with E-state index in [1.165, 1.54) is 20.8 Å². The highest BCUT2D eigenvalue weighted by Crippen LogP contribution is 2.10. The molecule has 0 aromatic heterocycles. The van der Waals surface area contributed by atoms with Gasteiger partial charge in [-0.3, -0.25) is 24.0 Å². The number of aliphatic carboxylic acids is 1. The number of carboxylic acids is 1. The second-order valence-corrected chi connectivity index (χ2v) is 10.8. The van der Waals surface area contributed by atoms with Crippen molar-refractivity contribution in [3.05, 3.63) is 35.9 Å². The molecule has 13 heteroatoms. The number of nitrogens with one attached hydrogen (secondary N) is 4. The highest BCUT2D eigenvalue weighted by molar-refractivity contribution is 6.03. The lowest BCUT2D eigenvalue weighted by Crippen LogP contribution is -2.61. The Kier molecular flexibility index (Phi) is 14.8. The molecule has 0 saturated carbocycles. The number of Topliss-reactive ketones (excluding diaryl/α,β-unsaturated/α-hetero) is 1. The summed E-state index contributed by atoms with van der Waals surface area (Å²) in [6, 6.07) is 3.26. The maximum absolute atomic E-state index is 13.0. The lowest BCUT2D eigenvalue weighted by Gasteiger charge is -2.28. The van der Waals surface area contributed by atoms with Gasteiger partial charge in [0.1, 0.15) is 24.0 Å². The Morgan fingerprint density at radius 1 is 0.690 bits per heavy atom. The third-order valence-corrected chi connectivity index (χ3v) is 6.57. The molecule has 0 aliphatic rings. The van der Waals surface area contributed by atoms with Gasteiger partial charge in [-0.15, -0.1) is 0 Å². The fourth-order valence-electron chi connectivity index (χ4n) is 4.05. The van der Waals surface area contributed by atoms with Crippen molar-refractivity contribution in [2.24, 2.45) is 11.8 Å². The second kappa shape index (κ2) is 17.2. The smallest absolute Gasteiger partial charge is 0.326 e. The second-order valence-electron chi connectivity index (χ2n) is 10.8. The third kappa shape index (κ3) is 11.6. The van der Waals surface area contributed by atoms with Crippen LogP contribution in [0.15, 0.2) is 30.3 Å². The molecule has 0 saturated heterocycles. The van der Waals surface area contributed by atoms with Gasteiger partial charge in [0, 0.05) is 12.8 Å². The van der Waals surface area contributed by atoms with Crippen LogP contribution in [0.2, 0.25) is 0 Å². The van der Waals surface area contributed by atoms with Gasteiger partial charge in [0.05, 0.1) is 18.2 Å². The fraction of sp³-hybridized carbons (Fsp3) is 0.586. The van der Waals surface area contributed by atoms with Crippen molar-refractivity contribution in [1.82, 2.24) is 21.3 Å². The molecule has 13 nitrogen and oxygen atoms in total. The zero-order valence-corrected chi connectivity index (χ0v) is 24.9. The predicted octanol–water partition coefficient (Wildman–Crippen LogP) is -0.324. The molecule has 1 rings (SSSR count). The number of carbonyl (C=O) groups is 6. The van der Waals surface area contributed by atoms with E-state index in [0.717, 1.165) is 0 Å². The average molecular weight is 593 g/mol. The lowest BCUT2D eigenvalue weighted by molar-refractivity contribution is -0.144. The van der Waals surface area contributed by atoms with E-state index in [4.69, 9.17) is 0 Å². The molecule has 0 aliphatic heterocycles. The van der Waals surface area contributed by atoms with Crippen molar-refractivity contribution in [3.63, 3.8) is 0 Å². The maximum Gasteiger partial charge on any atom is 0.326 e. The lowest BCUT2D eigenvalue weighted by atomic mass is 9.98. The van der Waals surface area contributed by atoms with Gasteiger partial charge in [0.2, 0.25) is 23.6 Å². The first-order chi connectivity index (χ1) is 19.6. The van der Waals surface area contributed by atoms with Crippen LogP contribution in [0, 0.1) is 11.8 Å². The minimum absolute atomic E-state index is 0.0281. The van der Waals surface area contributed by atoms with Gasteiger partial charge >= 0.3 is 5.97 Å². The summed E-state index contributed by atoms with van der Waals surface area (Å²) in [5.74, 6) is -6.66. The number of rotatable bonds is 17. The van der Waals surface area contributed by atoms with E-state index in [2.05, 4.69) is 21.3 Å². The number of amides is 4. The molecular formula is C29H44N4O9. The molecule has 0 bridgehead atoms. The maximum atomic E-state index is 13.0. The number of hydrogen-bond acceptors (Lipinski definition) is 8. The third-order valence-electron chi connectivity index (χ3n) is 6.57. The summed E-state index contributed by atoms with van der Waals surface area (Å²) in [6.45, 7) is 9.05. The first-order valence-corrected chi connectivity index (χ1v) is 14.0. The van der Waals surface area contributed by atoms with Crippen LogP contribution < -0.4 is 21.3 Å². The molecule has 0 spiro atoms. The Morgan fingerprint density at radius 3 is 1.60 bits per heavy atom. The van der Waals surface area contributed by atoms with E-state index in [-0.39, 0.29) is 24.5 Å². The molecule has 7 atom stereocenters. The topological polar surface area (TPSA) is 211 Å². The van der Waals surface area contributed by atoms with Crippen molar-refractivity contribution >= 4 is 35.4 Å². The highest BCUT2D eigenvalue weighted by Gasteiger charge is 2.35. The number of ketones is 1. The van der Waals surface area contributed by atoms with Gasteiger partial charge < -0.3 is 36.6 Å². The van der Waals surface area contributed by atoms with Crippen LogP contribution in [0.25, 0.3) is 0 Å². The van der Waals surface area contributed by atoms with Crippen molar-refractivity contribution in [2.75, 3.05) is 0 Å². The molecular weight excluding hydrogens is 548 g/mol. The number of hydrogen-bond donors (Lipinski definition) is 7. The molecule has 0 fully saturated rings. The van der Waals surface area contributed by atoms with Crippen LogP contribution in [0.1, 0.15) is 59.9 Å². The van der Waals surface area contributed by atoms with E-state index in [9.17, 15) is 44.1 Å². The average Bonchev–Trinajstić information content (AvgIpc) is 2.92. The molecule has 0 radical (unpaired) electrons. The quantitative estimate of drug-likeness (QED) is 0.118. The van der Waals surface area contributed by atoms with E-state index in [1.54, 1.807) is 37.3 Å². The Bertz CT molecular complexity index is 1090. The van der Waals surface area contributed by atoms with E-state index in [0.29, 0.717) is 12.0 Å². The minimum Gasteiger partial charge on any atom is -0.480 e. The molecule has 234 valence electrons. The molecule has 0 heterocycles. The summed E-state index contributed by atoms with van der Waals surface area (Å²) in [5, 5.41) is 39.4. The monoisotopic (exact) mass is 592 g/mol. The molecule has 4 amide bonds. The fourth-order valence-corrected chi connectivity index (χ4v) is 4.05. The summed E-state index contributed by atoms with van der Waals surface area (Å²) in [7, 11) is 0. The molecule has 1 aromatic rings. The van der Waals surface area contributed by atoms with Crippen LogP contribution in [0.3, 0.4) is 0 Å². The summed E-state index contributed by atoms with van der Waals surface area (Å²) < 4.78 is 0. The molecule has 7 N–H and O–H groups in total. The van der Waals surface area contributed by atoms with E-state index < -0.39 is 71.9 Å². The number of aliphatic hydroxyl groups excluding tert-OH is 2. The number of carbonyl (C=O) groups excluding carboxylic acids is 5. The predicted molar refractivity (Wildman–Crippen MR) is 153 cm³/mol. The number of benzene rings is 1. The first kappa shape index (κ1) is 36.2. The highest BCUT2D eigenvalue weighted by atomic mass is 16.4. The van der Waals surface area contributed by atoms with Crippen LogP contribution in [-0.2, 0) is 35.2 Å². The van der Waals surface area contributed by atoms with Gasteiger partial charge in [-0.05, 0) is 38.7 Å². The van der Waals surface area contributed by atoms with E-state index in [1.807, 2.05) is 13.8 Å². The van der Waals surface area contributed by atoms with Gasteiger partial charge in [-0.25, -0.2) is 4.79 Å². The Labute approximate surface area is 245 Å². The van der Waals surface area contributed by atoms with Crippen LogP contribution in [0.5, 0.6) is 0 Å². The summed E-state index contributed by atoms with van der Waals surface area (Å²) in [6.07, 6.45) is -2.40. The van der Waals surface area contributed by atoms with Crippen molar-refractivity contribution < 1.29 is 44.1 Å². The van der Waals surface area contributed by atoms with Crippen LogP contribution in [-0.4, -0.2) is 87.1 Å². The zero-order chi connectivity index (χ0) is 32.1. The Balaban J connectivity index is 2.96. The SMILES string of the molecule is CCC(=O)[C@H](CC(C)C)NC(=O)[C@@H](NC(=O)[C@@H](NC(=O)C(C)C(=O)N[C@@H](Cc1ccccc1)C(=O)O)[C@@H](C)O)[C@@H](C)O. The minimum atomic E-state index is -1.63. The normalized spacial score (nSPS) is 16.1. The van der Waals surface area contributed by atoms with Crippen molar-refractivity contribution in [1.29, 1.82) is 0 Å². The summed E-state index contributed by atoms with van der Waals surface area (Å²) in [4.78, 5) is 75.6. The van der Waals surface area contributed by atoms with Gasteiger partial charge in [-0.2, -0.15) is 0 Å².